The lowest BCUT2D eigenvalue weighted by Gasteiger charge is -2.39. The molecule has 1 aromatic rings. The van der Waals surface area contributed by atoms with Crippen molar-refractivity contribution in [3.05, 3.63) is 35.4 Å². The number of alkyl halides is 1. The molecule has 18 heavy (non-hydrogen) atoms. The summed E-state index contributed by atoms with van der Waals surface area (Å²) in [6.45, 7) is 5.40. The van der Waals surface area contributed by atoms with E-state index in [4.69, 9.17) is 11.6 Å². The van der Waals surface area contributed by atoms with Crippen LogP contribution in [0.25, 0.3) is 0 Å². The molecule has 0 aliphatic heterocycles. The molecule has 1 nitrogen and oxygen atoms in total. The van der Waals surface area contributed by atoms with Crippen LogP contribution < -0.4 is 5.32 Å². The van der Waals surface area contributed by atoms with Gasteiger partial charge in [-0.3, -0.25) is 0 Å². The molecule has 0 radical (unpaired) electrons. The summed E-state index contributed by atoms with van der Waals surface area (Å²) in [6, 6.07) is 8.76. The minimum Gasteiger partial charge on any atom is -0.306 e. The molecule has 0 heterocycles. The molecule has 2 atom stereocenters. The second kappa shape index (κ2) is 6.08. The SMILES string of the molecule is Cc1ccc(CNC2(CCl)CCCC(C)C2)cc1. The van der Waals surface area contributed by atoms with E-state index in [1.807, 2.05) is 0 Å². The van der Waals surface area contributed by atoms with Crippen LogP contribution in [0.15, 0.2) is 24.3 Å². The van der Waals surface area contributed by atoms with Gasteiger partial charge in [0.25, 0.3) is 0 Å². The van der Waals surface area contributed by atoms with Gasteiger partial charge >= 0.3 is 0 Å². The first-order chi connectivity index (χ1) is 8.63. The van der Waals surface area contributed by atoms with Crippen LogP contribution in [0.1, 0.15) is 43.7 Å². The van der Waals surface area contributed by atoms with Crippen molar-refractivity contribution in [1.29, 1.82) is 0 Å². The van der Waals surface area contributed by atoms with Gasteiger partial charge in [0.2, 0.25) is 0 Å². The molecule has 2 heteroatoms. The normalized spacial score (nSPS) is 28.3. The first-order valence-corrected chi connectivity index (χ1v) is 7.53. The number of rotatable bonds is 4. The van der Waals surface area contributed by atoms with E-state index in [2.05, 4.69) is 43.4 Å². The van der Waals surface area contributed by atoms with Crippen molar-refractivity contribution in [2.75, 3.05) is 5.88 Å². The maximum atomic E-state index is 6.23. The molecule has 2 rings (SSSR count). The predicted molar refractivity (Wildman–Crippen MR) is 79.1 cm³/mol. The zero-order valence-electron chi connectivity index (χ0n) is 11.5. The molecule has 1 fully saturated rings. The van der Waals surface area contributed by atoms with Crippen LogP contribution >= 0.6 is 11.6 Å². The molecular formula is C16H24ClN. The van der Waals surface area contributed by atoms with Crippen molar-refractivity contribution >= 4 is 11.6 Å². The highest BCUT2D eigenvalue weighted by Gasteiger charge is 2.33. The lowest BCUT2D eigenvalue weighted by molar-refractivity contribution is 0.207. The zero-order chi connectivity index (χ0) is 13.0. The average molecular weight is 266 g/mol. The molecular weight excluding hydrogens is 242 g/mol. The Bertz CT molecular complexity index is 373. The van der Waals surface area contributed by atoms with Crippen LogP contribution in [0.3, 0.4) is 0 Å². The summed E-state index contributed by atoms with van der Waals surface area (Å²) in [6.07, 6.45) is 5.08. The summed E-state index contributed by atoms with van der Waals surface area (Å²) in [4.78, 5) is 0. The Morgan fingerprint density at radius 3 is 2.67 bits per heavy atom. The van der Waals surface area contributed by atoms with Crippen molar-refractivity contribution in [1.82, 2.24) is 5.32 Å². The van der Waals surface area contributed by atoms with E-state index in [-0.39, 0.29) is 5.54 Å². The maximum absolute atomic E-state index is 6.23. The Morgan fingerprint density at radius 1 is 1.33 bits per heavy atom. The van der Waals surface area contributed by atoms with Crippen molar-refractivity contribution in [2.45, 2.75) is 51.6 Å². The van der Waals surface area contributed by atoms with Crippen molar-refractivity contribution in [2.24, 2.45) is 5.92 Å². The van der Waals surface area contributed by atoms with Crippen molar-refractivity contribution in [3.8, 4) is 0 Å². The maximum Gasteiger partial charge on any atom is 0.0406 e. The molecule has 2 unspecified atom stereocenters. The van der Waals surface area contributed by atoms with Crippen LogP contribution in [0, 0.1) is 12.8 Å². The van der Waals surface area contributed by atoms with Crippen molar-refractivity contribution in [3.63, 3.8) is 0 Å². The van der Waals surface area contributed by atoms with E-state index in [9.17, 15) is 0 Å². The second-order valence-corrected chi connectivity index (χ2v) is 6.22. The van der Waals surface area contributed by atoms with Crippen LogP contribution in [0.5, 0.6) is 0 Å². The Morgan fingerprint density at radius 2 is 2.06 bits per heavy atom. The summed E-state index contributed by atoms with van der Waals surface area (Å²) in [5.41, 5.74) is 2.82. The largest absolute Gasteiger partial charge is 0.306 e. The fourth-order valence-electron chi connectivity index (χ4n) is 2.98. The monoisotopic (exact) mass is 265 g/mol. The fraction of sp³-hybridized carbons (Fsp3) is 0.625. The van der Waals surface area contributed by atoms with Gasteiger partial charge in [-0.15, -0.1) is 11.6 Å². The molecule has 1 aliphatic rings. The summed E-state index contributed by atoms with van der Waals surface area (Å²) < 4.78 is 0. The molecule has 0 aromatic heterocycles. The highest BCUT2D eigenvalue weighted by atomic mass is 35.5. The number of hydrogen-bond acceptors (Lipinski definition) is 1. The predicted octanol–water partition coefficient (Wildman–Crippen LogP) is 4.27. The van der Waals surface area contributed by atoms with Gasteiger partial charge in [0, 0.05) is 18.0 Å². The lowest BCUT2D eigenvalue weighted by Crippen LogP contribution is -2.49. The van der Waals surface area contributed by atoms with E-state index >= 15 is 0 Å². The third-order valence-electron chi connectivity index (χ3n) is 4.14. The number of hydrogen-bond donors (Lipinski definition) is 1. The molecule has 1 saturated carbocycles. The van der Waals surface area contributed by atoms with Crippen LogP contribution in [0.2, 0.25) is 0 Å². The molecule has 1 aliphatic carbocycles. The smallest absolute Gasteiger partial charge is 0.0406 e. The summed E-state index contributed by atoms with van der Waals surface area (Å²) >= 11 is 6.23. The third-order valence-corrected chi connectivity index (χ3v) is 4.65. The zero-order valence-corrected chi connectivity index (χ0v) is 12.3. The van der Waals surface area contributed by atoms with E-state index in [0.29, 0.717) is 0 Å². The summed E-state index contributed by atoms with van der Waals surface area (Å²) in [5, 5.41) is 3.72. The van der Waals surface area contributed by atoms with Gasteiger partial charge in [-0.25, -0.2) is 0 Å². The number of nitrogens with one attached hydrogen (secondary N) is 1. The standard InChI is InChI=1S/C16H24ClN/c1-13-5-7-15(8-6-13)11-18-16(12-17)9-3-4-14(2)10-16/h5-8,14,18H,3-4,9-12H2,1-2H3. The van der Waals surface area contributed by atoms with E-state index in [0.717, 1.165) is 18.3 Å². The van der Waals surface area contributed by atoms with E-state index in [1.54, 1.807) is 0 Å². The van der Waals surface area contributed by atoms with Crippen molar-refractivity contribution < 1.29 is 0 Å². The first kappa shape index (κ1) is 13.9. The number of halogens is 1. The Balaban J connectivity index is 1.96. The minimum atomic E-state index is 0.157. The third kappa shape index (κ3) is 3.49. The van der Waals surface area contributed by atoms with Gasteiger partial charge < -0.3 is 5.32 Å². The van der Waals surface area contributed by atoms with Gasteiger partial charge in [-0.1, -0.05) is 49.6 Å². The van der Waals surface area contributed by atoms with Gasteiger partial charge in [-0.05, 0) is 31.2 Å². The topological polar surface area (TPSA) is 12.0 Å². The van der Waals surface area contributed by atoms with Crippen LogP contribution in [-0.4, -0.2) is 11.4 Å². The highest BCUT2D eigenvalue weighted by Crippen LogP contribution is 2.33. The van der Waals surface area contributed by atoms with E-state index in [1.165, 1.54) is 36.8 Å². The number of benzene rings is 1. The van der Waals surface area contributed by atoms with Gasteiger partial charge in [0.15, 0.2) is 0 Å². The Kier molecular flexibility index (Phi) is 4.69. The van der Waals surface area contributed by atoms with Gasteiger partial charge in [0.05, 0.1) is 0 Å². The van der Waals surface area contributed by atoms with Gasteiger partial charge in [0.1, 0.15) is 0 Å². The molecule has 1 N–H and O–H groups in total. The Hall–Kier alpha value is -0.530. The van der Waals surface area contributed by atoms with E-state index < -0.39 is 0 Å². The first-order valence-electron chi connectivity index (χ1n) is 7.00. The highest BCUT2D eigenvalue weighted by molar-refractivity contribution is 6.18. The summed E-state index contributed by atoms with van der Waals surface area (Å²) in [5.74, 6) is 1.52. The molecule has 0 amide bonds. The molecule has 100 valence electrons. The number of aryl methyl sites for hydroxylation is 1. The minimum absolute atomic E-state index is 0.157. The van der Waals surface area contributed by atoms with Crippen LogP contribution in [-0.2, 0) is 6.54 Å². The quantitative estimate of drug-likeness (QED) is 0.802. The van der Waals surface area contributed by atoms with Crippen LogP contribution in [0.4, 0.5) is 0 Å². The second-order valence-electron chi connectivity index (χ2n) is 5.95. The lowest BCUT2D eigenvalue weighted by atomic mass is 9.77. The molecule has 1 aromatic carbocycles. The Labute approximate surface area is 116 Å². The fourth-order valence-corrected chi connectivity index (χ4v) is 3.32. The van der Waals surface area contributed by atoms with Gasteiger partial charge in [-0.2, -0.15) is 0 Å². The average Bonchev–Trinajstić information content (AvgIpc) is 2.38. The molecule has 0 bridgehead atoms. The summed E-state index contributed by atoms with van der Waals surface area (Å²) in [7, 11) is 0. The molecule has 0 spiro atoms. The molecule has 0 saturated heterocycles.